The number of rotatable bonds is 11. The zero-order chi connectivity index (χ0) is 100. The van der Waals surface area contributed by atoms with Gasteiger partial charge >= 0.3 is 0 Å². The highest BCUT2D eigenvalue weighted by molar-refractivity contribution is 5.89. The van der Waals surface area contributed by atoms with Crippen LogP contribution in [0.4, 0.5) is 0 Å². The van der Waals surface area contributed by atoms with Gasteiger partial charge in [0, 0.05) is 137 Å². The number of amides is 2. The lowest BCUT2D eigenvalue weighted by Crippen LogP contribution is -2.67. The molecule has 2 amide bonds. The van der Waals surface area contributed by atoms with E-state index in [0.717, 1.165) is 135 Å². The molecule has 1 atom stereocenters. The minimum absolute atomic E-state index is 0.0255. The number of hydrogen-bond donors (Lipinski definition) is 2. The first-order valence-electron chi connectivity index (χ1n) is 55.1. The third kappa shape index (κ3) is 26.1. The Morgan fingerprint density at radius 1 is 0.289 bits per heavy atom. The van der Waals surface area contributed by atoms with Crippen LogP contribution < -0.4 is 10.6 Å². The van der Waals surface area contributed by atoms with Crippen LogP contribution in [0.3, 0.4) is 0 Å². The maximum Gasteiger partial charge on any atom is 0.254 e. The Hall–Kier alpha value is -2.52. The molecule has 782 valence electrons. The van der Waals surface area contributed by atoms with Crippen molar-refractivity contribution in [3.05, 3.63) is 36.5 Å². The molecule has 0 radical (unpaired) electrons. The molecule has 14 aliphatic rings. The molecule has 135 heavy (non-hydrogen) atoms. The van der Waals surface area contributed by atoms with E-state index < -0.39 is 22.7 Å². The molecule has 3 aliphatic carbocycles. The van der Waals surface area contributed by atoms with E-state index in [9.17, 15) is 9.59 Å². The Morgan fingerprint density at radius 3 is 0.815 bits per heavy atom. The fourth-order valence-corrected chi connectivity index (χ4v) is 31.8. The second-order valence-corrected chi connectivity index (χ2v) is 53.2. The van der Waals surface area contributed by atoms with Gasteiger partial charge in [-0.05, 0) is 293 Å². The van der Waals surface area contributed by atoms with E-state index in [-0.39, 0.29) is 106 Å². The SMILES string of the molecule is C=C1CC(CCC)OC12CC(C)(C)N(OC)C(C)(C)C2.C=C1CC2(CC(C)(C)N(OC)C(C)(C)C2)OC12CC(C)(C)N(OC)C(C)(C)C2.C=C1CC2(CCCCCCCCCCC2)OC12CC(C)(C)N(OC)C(C)(C)C2.CCCON1C(C)(C)CC2(CC1(C)C)OC1(CCCCCCCCCCC1)NC2=O.CCON1C(C)(C)CC2(CC1(C)C)OC1(CCCCCCCCCCC1)NC2=O. The molecule has 0 bridgehead atoms. The van der Waals surface area contributed by atoms with Crippen molar-refractivity contribution in [1.82, 2.24) is 41.0 Å². The van der Waals surface area contributed by atoms with Gasteiger partial charge in [-0.15, -0.1) is 0 Å². The van der Waals surface area contributed by atoms with E-state index in [2.05, 4.69) is 241 Å². The van der Waals surface area contributed by atoms with Gasteiger partial charge in [0.2, 0.25) is 0 Å². The molecule has 11 heterocycles. The molecular weight excluding hydrogens is 1690 g/mol. The van der Waals surface area contributed by atoms with Crippen molar-refractivity contribution in [3.63, 3.8) is 0 Å². The Bertz CT molecular complexity index is 3730. The van der Waals surface area contributed by atoms with Crippen LogP contribution in [0, 0.1) is 0 Å². The Balaban J connectivity index is 0.000000175. The molecule has 2 N–H and O–H groups in total. The molecule has 3 saturated carbocycles. The molecule has 0 aromatic heterocycles. The lowest BCUT2D eigenvalue weighted by molar-refractivity contribution is -0.319. The fourth-order valence-electron chi connectivity index (χ4n) is 31.8. The summed E-state index contributed by atoms with van der Waals surface area (Å²) in [4.78, 5) is 62.3. The zero-order valence-electron chi connectivity index (χ0n) is 93.2. The predicted octanol–water partition coefficient (Wildman–Crippen LogP) is 27.3. The summed E-state index contributed by atoms with van der Waals surface area (Å²) >= 11 is 0. The summed E-state index contributed by atoms with van der Waals surface area (Å²) in [7, 11) is 7.13. The normalized spacial score (nSPS) is 30.9. The van der Waals surface area contributed by atoms with E-state index >= 15 is 0 Å². The molecule has 21 heteroatoms. The number of nitrogens with zero attached hydrogens (tertiary/aromatic N) is 6. The summed E-state index contributed by atoms with van der Waals surface area (Å²) in [5.41, 5.74) is -1.25. The van der Waals surface area contributed by atoms with Crippen LogP contribution in [-0.4, -0.2) is 207 Å². The third-order valence-electron chi connectivity index (χ3n) is 33.9. The van der Waals surface area contributed by atoms with Crippen LogP contribution in [0.1, 0.15) is 514 Å². The molecule has 14 rings (SSSR count). The first-order chi connectivity index (χ1) is 62.7. The van der Waals surface area contributed by atoms with E-state index in [4.69, 9.17) is 52.7 Å². The number of hydrogen-bond acceptors (Lipinski definition) is 19. The van der Waals surface area contributed by atoms with Gasteiger partial charge in [0.1, 0.15) is 11.4 Å². The molecular formula is C114H208N8O13. The van der Waals surface area contributed by atoms with Gasteiger partial charge in [-0.25, -0.2) is 0 Å². The molecule has 0 aromatic carbocycles. The number of nitrogens with one attached hydrogen (secondary N) is 2. The average Bonchev–Trinajstić information content (AvgIpc) is 1.55. The van der Waals surface area contributed by atoms with Gasteiger partial charge in [-0.3, -0.25) is 19.3 Å². The smallest absolute Gasteiger partial charge is 0.254 e. The largest absolute Gasteiger partial charge is 0.367 e. The zero-order valence-corrected chi connectivity index (χ0v) is 93.2. The number of piperidine rings is 6. The molecule has 0 aromatic rings. The van der Waals surface area contributed by atoms with Crippen molar-refractivity contribution in [2.75, 3.05) is 41.7 Å². The lowest BCUT2D eigenvalue weighted by atomic mass is 9.68. The molecule has 21 nitrogen and oxygen atoms in total. The summed E-state index contributed by atoms with van der Waals surface area (Å²) in [6.45, 7) is 74.9. The first-order valence-corrected chi connectivity index (χ1v) is 55.1. The number of ether oxygens (including phenoxy) is 5. The Morgan fingerprint density at radius 2 is 0.533 bits per heavy atom. The van der Waals surface area contributed by atoms with E-state index in [0.29, 0.717) is 45.0 Å². The minimum Gasteiger partial charge on any atom is -0.367 e. The predicted molar refractivity (Wildman–Crippen MR) is 550 cm³/mol. The quantitative estimate of drug-likeness (QED) is 0.186. The summed E-state index contributed by atoms with van der Waals surface area (Å²) in [5.74, 6) is 0.202. The van der Waals surface area contributed by atoms with Gasteiger partial charge in [-0.1, -0.05) is 188 Å². The van der Waals surface area contributed by atoms with Gasteiger partial charge in [0.05, 0.1) is 75.8 Å². The third-order valence-corrected chi connectivity index (χ3v) is 33.9. The van der Waals surface area contributed by atoms with Crippen LogP contribution in [0.15, 0.2) is 36.5 Å². The summed E-state index contributed by atoms with van der Waals surface area (Å²) in [6, 6.07) is 0. The van der Waals surface area contributed by atoms with Gasteiger partial charge in [0.15, 0.2) is 11.2 Å². The molecule has 11 saturated heterocycles. The van der Waals surface area contributed by atoms with Crippen molar-refractivity contribution in [1.29, 1.82) is 0 Å². The number of carbonyl (C=O) groups is 2. The topological polar surface area (TPSA) is 179 Å². The highest BCUT2D eigenvalue weighted by Gasteiger charge is 2.70. The van der Waals surface area contributed by atoms with Crippen LogP contribution in [0.25, 0.3) is 0 Å². The van der Waals surface area contributed by atoms with Crippen molar-refractivity contribution in [2.24, 2.45) is 0 Å². The molecule has 11 aliphatic heterocycles. The number of hydroxylamine groups is 12. The van der Waals surface area contributed by atoms with Crippen LogP contribution in [0.5, 0.6) is 0 Å². The Kier molecular flexibility index (Phi) is 37.3. The van der Waals surface area contributed by atoms with Crippen molar-refractivity contribution >= 4 is 11.8 Å². The summed E-state index contributed by atoms with van der Waals surface area (Å²) < 4.78 is 34.7. The molecule has 9 spiro atoms. The van der Waals surface area contributed by atoms with Gasteiger partial charge < -0.3 is 53.7 Å². The van der Waals surface area contributed by atoms with Crippen molar-refractivity contribution < 1.29 is 62.3 Å². The van der Waals surface area contributed by atoms with Gasteiger partial charge in [-0.2, -0.15) is 30.4 Å². The second-order valence-electron chi connectivity index (χ2n) is 53.2. The monoisotopic (exact) mass is 1900 g/mol. The van der Waals surface area contributed by atoms with E-state index in [1.165, 1.54) is 184 Å². The first kappa shape index (κ1) is 114. The second kappa shape index (κ2) is 44.0. The van der Waals surface area contributed by atoms with E-state index in [1.807, 2.05) is 6.92 Å². The van der Waals surface area contributed by atoms with E-state index in [1.54, 1.807) is 28.4 Å². The van der Waals surface area contributed by atoms with Crippen LogP contribution >= 0.6 is 0 Å². The van der Waals surface area contributed by atoms with Crippen LogP contribution in [0.2, 0.25) is 0 Å². The minimum atomic E-state index is -0.754. The van der Waals surface area contributed by atoms with Gasteiger partial charge in [0.25, 0.3) is 11.8 Å². The van der Waals surface area contributed by atoms with Crippen molar-refractivity contribution in [2.45, 2.75) is 638 Å². The highest BCUT2D eigenvalue weighted by atomic mass is 16.7. The average molecular weight is 1900 g/mol. The fraction of sp³-hybridized carbons (Fsp3) is 0.930. The highest BCUT2D eigenvalue weighted by Crippen LogP contribution is 2.63. The summed E-state index contributed by atoms with van der Waals surface area (Å²) in [5, 5.41) is 19.6. The van der Waals surface area contributed by atoms with Crippen LogP contribution in [-0.2, 0) is 62.3 Å². The summed E-state index contributed by atoms with van der Waals surface area (Å²) in [6.07, 6.45) is 58.3. The maximum atomic E-state index is 13.5. The number of carbonyl (C=O) groups excluding carboxylic acids is 2. The Labute approximate surface area is 826 Å². The van der Waals surface area contributed by atoms with Crippen molar-refractivity contribution in [3.8, 4) is 0 Å². The lowest BCUT2D eigenvalue weighted by Gasteiger charge is -2.59. The standard InChI is InChI=1S/C25H46N2O3.C25H45NO2.C24H44N2O3.C23H42N2O3.C17H31NO2/c1-6-18-29-27-22(2,3)19-24(20-23(27,4)5)21(28)26-25(30-24)16-14-12-10-8-7-9-11-13-15-17-25;1-21-18-24(16-14-12-10-8-7-9-11-13-15-17-24)28-25(21)19-22(2,3)26(27-6)23(4,5)20-25;1-6-28-26-21(2,3)18-23(19-22(26,4)5)20(27)25-24(29-23)16-14-12-10-8-7-9-11-13-15-17-24;1-17-12-22(13-18(2,3)24(26-10)19(4,5)14-22)28-23(17)15-20(6,7)25(27-11)21(8,9)16-23;1-8-9-14-10-13(2)17(20-14)11-15(3,4)18(19-7)16(5,6)12-17/h6-20H2,1-5H3,(H,26,28);1,7-20H2,2-6H3;6-19H2,1-5H3,(H,25,27);1,12-16H2,2-11H3;14H,2,8-12H2,1,3-7H3. The molecule has 14 fully saturated rings. The molecule has 1 unspecified atom stereocenters. The maximum absolute atomic E-state index is 13.5.